The van der Waals surface area contributed by atoms with E-state index in [1.54, 1.807) is 0 Å². The van der Waals surface area contributed by atoms with E-state index in [1.807, 2.05) is 0 Å². The Hall–Kier alpha value is -3.07. The lowest BCUT2D eigenvalue weighted by Crippen LogP contribution is -2.09. The van der Waals surface area contributed by atoms with Gasteiger partial charge in [-0.25, -0.2) is 13.8 Å². The summed E-state index contributed by atoms with van der Waals surface area (Å²) < 4.78 is 102. The Labute approximate surface area is 161 Å². The first-order valence-electron chi connectivity index (χ1n) is 7.26. The molecule has 0 radical (unpaired) electrons. The first-order chi connectivity index (χ1) is 13.4. The second kappa shape index (κ2) is 7.07. The zero-order chi connectivity index (χ0) is 21.6. The van der Waals surface area contributed by atoms with Crippen molar-refractivity contribution in [1.82, 2.24) is 4.98 Å². The summed E-state index contributed by atoms with van der Waals surface area (Å²) in [5.74, 6) is -4.96. The van der Waals surface area contributed by atoms with Gasteiger partial charge in [0.05, 0.1) is 0 Å². The lowest BCUT2D eigenvalue weighted by atomic mass is 10.2. The number of benzene rings is 2. The minimum absolute atomic E-state index is 0.00451. The number of halogens is 2. The van der Waals surface area contributed by atoms with E-state index in [0.29, 0.717) is 12.1 Å². The average Bonchev–Trinajstić information content (AvgIpc) is 2.99. The van der Waals surface area contributed by atoms with Gasteiger partial charge in [0.25, 0.3) is 0 Å². The van der Waals surface area contributed by atoms with Crippen LogP contribution >= 0.6 is 0 Å². The lowest BCUT2D eigenvalue weighted by molar-refractivity contribution is 0.364. The highest BCUT2D eigenvalue weighted by Gasteiger charge is 2.22. The van der Waals surface area contributed by atoms with Gasteiger partial charge in [0.15, 0.2) is 17.2 Å². The van der Waals surface area contributed by atoms with E-state index < -0.39 is 38.2 Å². The van der Waals surface area contributed by atoms with Crippen LogP contribution in [0.25, 0.3) is 28.6 Å². The van der Waals surface area contributed by atoms with Gasteiger partial charge >= 0.3 is 20.8 Å². The third kappa shape index (κ3) is 4.68. The van der Waals surface area contributed by atoms with E-state index in [9.17, 15) is 25.6 Å². The second-order valence-electron chi connectivity index (χ2n) is 5.38. The summed E-state index contributed by atoms with van der Waals surface area (Å²) in [6, 6.07) is 3.50. The van der Waals surface area contributed by atoms with Crippen LogP contribution in [0.1, 0.15) is 5.56 Å². The molecule has 0 saturated carbocycles. The summed E-state index contributed by atoms with van der Waals surface area (Å²) in [7, 11) is -9.98. The Kier molecular flexibility index (Phi) is 5.04. The van der Waals surface area contributed by atoms with Crippen LogP contribution in [0.4, 0.5) is 8.78 Å². The molecule has 0 aliphatic rings. The average molecular weight is 449 g/mol. The molecule has 1 aromatic heterocycles. The van der Waals surface area contributed by atoms with Gasteiger partial charge < -0.3 is 12.8 Å². The monoisotopic (exact) mass is 449 g/mol. The number of fused-ring (bicyclic) bond motifs is 1. The summed E-state index contributed by atoms with van der Waals surface area (Å²) in [6.07, 6.45) is 1.25. The molecule has 2 aromatic carbocycles. The zero-order valence-corrected chi connectivity index (χ0v) is 15.5. The van der Waals surface area contributed by atoms with Crippen LogP contribution in [0.3, 0.4) is 0 Å². The zero-order valence-electron chi connectivity index (χ0n) is 13.9. The van der Waals surface area contributed by atoms with E-state index in [4.69, 9.17) is 13.5 Å². The van der Waals surface area contributed by atoms with Crippen LogP contribution in [0.15, 0.2) is 35.3 Å². The fourth-order valence-corrected chi connectivity index (χ4v) is 3.05. The molecule has 154 valence electrons. The van der Waals surface area contributed by atoms with Gasteiger partial charge in [-0.1, -0.05) is 12.7 Å². The van der Waals surface area contributed by atoms with E-state index in [-0.39, 0.29) is 33.9 Å². The molecular formula is C15H9F2NO9S2. The summed E-state index contributed by atoms with van der Waals surface area (Å²) in [6.45, 7) is 3.50. The maximum Gasteiger partial charge on any atom is 0.446 e. The van der Waals surface area contributed by atoms with Gasteiger partial charge in [0, 0.05) is 17.2 Å². The number of hydrogen-bond donors (Lipinski definition) is 2. The maximum absolute atomic E-state index is 14.0. The van der Waals surface area contributed by atoms with Crippen molar-refractivity contribution in [2.45, 2.75) is 0 Å². The fraction of sp³-hybridized carbons (Fsp3) is 0. The van der Waals surface area contributed by atoms with Crippen LogP contribution in [-0.2, 0) is 20.8 Å². The molecule has 0 bridgehead atoms. The fourth-order valence-electron chi connectivity index (χ4n) is 2.34. The van der Waals surface area contributed by atoms with Crippen LogP contribution in [0, 0.1) is 11.6 Å². The molecule has 0 amide bonds. The largest absolute Gasteiger partial charge is 0.446 e. The van der Waals surface area contributed by atoms with Gasteiger partial charge in [-0.15, -0.1) is 0 Å². The van der Waals surface area contributed by atoms with Gasteiger partial charge in [0.1, 0.15) is 11.3 Å². The number of hydrogen-bond acceptors (Lipinski definition) is 8. The van der Waals surface area contributed by atoms with Crippen LogP contribution in [0.2, 0.25) is 0 Å². The van der Waals surface area contributed by atoms with E-state index >= 15 is 0 Å². The third-order valence-corrected chi connectivity index (χ3v) is 4.13. The Morgan fingerprint density at radius 3 is 2.10 bits per heavy atom. The van der Waals surface area contributed by atoms with Crippen molar-refractivity contribution < 1.29 is 47.5 Å². The highest BCUT2D eigenvalue weighted by Crippen LogP contribution is 2.34. The second-order valence-corrected chi connectivity index (χ2v) is 7.42. The normalized spacial score (nSPS) is 12.1. The molecule has 3 aromatic rings. The highest BCUT2D eigenvalue weighted by atomic mass is 32.3. The molecule has 0 atom stereocenters. The molecule has 2 N–H and O–H groups in total. The van der Waals surface area contributed by atoms with Crippen LogP contribution in [0.5, 0.6) is 11.5 Å². The quantitative estimate of drug-likeness (QED) is 0.537. The summed E-state index contributed by atoms with van der Waals surface area (Å²) in [4.78, 5) is 3.96. The summed E-state index contributed by atoms with van der Waals surface area (Å²) in [5.41, 5.74) is -0.0368. The highest BCUT2D eigenvalue weighted by molar-refractivity contribution is 7.81. The Balaban J connectivity index is 2.12. The van der Waals surface area contributed by atoms with Gasteiger partial charge in [-0.05, 0) is 18.2 Å². The van der Waals surface area contributed by atoms with E-state index in [2.05, 4.69) is 19.9 Å². The minimum atomic E-state index is -5.16. The predicted octanol–water partition coefficient (Wildman–Crippen LogP) is 2.78. The molecule has 29 heavy (non-hydrogen) atoms. The number of rotatable bonds is 6. The number of aromatic nitrogens is 1. The van der Waals surface area contributed by atoms with Crippen molar-refractivity contribution >= 4 is 38.0 Å². The van der Waals surface area contributed by atoms with Crippen LogP contribution in [-0.4, -0.2) is 30.9 Å². The molecule has 0 aliphatic carbocycles. The van der Waals surface area contributed by atoms with Crippen molar-refractivity contribution in [2.24, 2.45) is 0 Å². The van der Waals surface area contributed by atoms with Crippen molar-refractivity contribution in [2.75, 3.05) is 0 Å². The summed E-state index contributed by atoms with van der Waals surface area (Å²) >= 11 is 0. The molecule has 0 aliphatic heterocycles. The van der Waals surface area contributed by atoms with Crippen molar-refractivity contribution in [1.29, 1.82) is 0 Å². The Morgan fingerprint density at radius 2 is 1.59 bits per heavy atom. The van der Waals surface area contributed by atoms with Crippen LogP contribution < -0.4 is 8.37 Å². The SMILES string of the molecule is C=Cc1cc(OS(=O)(=O)O)cc2nc(-c3cc(F)c(OS(=O)(=O)O)c(F)c3)oc12. The first-order valence-corrected chi connectivity index (χ1v) is 9.99. The molecule has 10 nitrogen and oxygen atoms in total. The van der Waals surface area contributed by atoms with Gasteiger partial charge in [-0.2, -0.15) is 16.8 Å². The van der Waals surface area contributed by atoms with E-state index in [1.165, 1.54) is 6.08 Å². The predicted molar refractivity (Wildman–Crippen MR) is 93.8 cm³/mol. The van der Waals surface area contributed by atoms with Crippen molar-refractivity contribution in [3.8, 4) is 23.0 Å². The van der Waals surface area contributed by atoms with E-state index in [0.717, 1.165) is 12.1 Å². The topological polar surface area (TPSA) is 153 Å². The van der Waals surface area contributed by atoms with Gasteiger partial charge in [0.2, 0.25) is 11.6 Å². The number of nitrogens with zero attached hydrogens (tertiary/aromatic N) is 1. The molecule has 14 heteroatoms. The Bertz CT molecular complexity index is 1320. The third-order valence-electron chi connectivity index (χ3n) is 3.35. The molecule has 0 fully saturated rings. The van der Waals surface area contributed by atoms with Crippen molar-refractivity contribution in [3.63, 3.8) is 0 Å². The molecule has 0 saturated heterocycles. The lowest BCUT2D eigenvalue weighted by Gasteiger charge is -2.05. The minimum Gasteiger partial charge on any atom is -0.435 e. The molecule has 0 unspecified atom stereocenters. The van der Waals surface area contributed by atoms with Crippen molar-refractivity contribution in [3.05, 3.63) is 48.0 Å². The Morgan fingerprint density at radius 1 is 1.00 bits per heavy atom. The molecule has 1 heterocycles. The molecule has 3 rings (SSSR count). The first kappa shape index (κ1) is 20.7. The van der Waals surface area contributed by atoms with Gasteiger partial charge in [-0.3, -0.25) is 9.11 Å². The standard InChI is InChI=1S/C15H9F2NO9S2/c1-2-7-3-9(26-28(19,20)21)6-12-13(7)25-15(18-12)8-4-10(16)14(11(17)5-8)27-29(22,23)24/h2-6H,1H2,(H,19,20,21)(H,22,23,24). The summed E-state index contributed by atoms with van der Waals surface area (Å²) in [5, 5.41) is 0. The molecule has 0 spiro atoms. The molecular weight excluding hydrogens is 440 g/mol. The maximum atomic E-state index is 14.0. The number of oxazole rings is 1. The smallest absolute Gasteiger partial charge is 0.435 e.